The lowest BCUT2D eigenvalue weighted by atomic mass is 9.92. The molecule has 1 unspecified atom stereocenters. The molecular formula is C11H15N. The van der Waals surface area contributed by atoms with Crippen LogP contribution in [-0.2, 0) is 0 Å². The van der Waals surface area contributed by atoms with E-state index in [1.807, 2.05) is 39.0 Å². The molecular weight excluding hydrogens is 146 g/mol. The van der Waals surface area contributed by atoms with Crippen molar-refractivity contribution in [3.8, 4) is 6.07 Å². The maximum absolute atomic E-state index is 8.78. The van der Waals surface area contributed by atoms with Crippen molar-refractivity contribution in [1.82, 2.24) is 0 Å². The summed E-state index contributed by atoms with van der Waals surface area (Å²) in [5, 5.41) is 8.78. The average molecular weight is 161 g/mol. The van der Waals surface area contributed by atoms with Crippen LogP contribution in [0, 0.1) is 16.7 Å². The van der Waals surface area contributed by atoms with Crippen LogP contribution in [0.3, 0.4) is 0 Å². The molecule has 1 atom stereocenters. The number of rotatable bonds is 3. The van der Waals surface area contributed by atoms with Crippen molar-refractivity contribution in [3.63, 3.8) is 0 Å². The molecule has 0 aromatic rings. The Morgan fingerprint density at radius 1 is 1.58 bits per heavy atom. The lowest BCUT2D eigenvalue weighted by Gasteiger charge is -2.09. The molecule has 0 spiro atoms. The van der Waals surface area contributed by atoms with Gasteiger partial charge in [-0.1, -0.05) is 29.9 Å². The summed E-state index contributed by atoms with van der Waals surface area (Å²) >= 11 is 0. The van der Waals surface area contributed by atoms with Gasteiger partial charge in [0.15, 0.2) is 0 Å². The van der Waals surface area contributed by atoms with Crippen molar-refractivity contribution in [2.24, 2.45) is 5.41 Å². The Morgan fingerprint density at radius 3 is 2.50 bits per heavy atom. The largest absolute Gasteiger partial charge is 0.197 e. The average Bonchev–Trinajstić information content (AvgIpc) is 2.13. The van der Waals surface area contributed by atoms with E-state index in [9.17, 15) is 0 Å². The van der Waals surface area contributed by atoms with E-state index in [2.05, 4.69) is 12.6 Å². The van der Waals surface area contributed by atoms with Gasteiger partial charge in [-0.15, -0.1) is 6.58 Å². The van der Waals surface area contributed by atoms with Gasteiger partial charge in [0.05, 0.1) is 11.5 Å². The molecule has 0 N–H and O–H groups in total. The smallest absolute Gasteiger partial charge is 0.0906 e. The molecule has 0 rings (SSSR count). The second kappa shape index (κ2) is 4.56. The number of nitrogens with zero attached hydrogens (tertiary/aromatic N) is 1. The van der Waals surface area contributed by atoms with Crippen LogP contribution < -0.4 is 0 Å². The van der Waals surface area contributed by atoms with Crippen molar-refractivity contribution in [2.75, 3.05) is 0 Å². The molecule has 1 heteroatoms. The van der Waals surface area contributed by atoms with Gasteiger partial charge in [-0.25, -0.2) is 0 Å². The van der Waals surface area contributed by atoms with Crippen LogP contribution in [0.15, 0.2) is 36.5 Å². The van der Waals surface area contributed by atoms with Crippen LogP contribution in [0.2, 0.25) is 0 Å². The van der Waals surface area contributed by atoms with Gasteiger partial charge in [0.1, 0.15) is 0 Å². The molecule has 0 heterocycles. The van der Waals surface area contributed by atoms with Crippen LogP contribution >= 0.6 is 0 Å². The molecule has 0 aromatic carbocycles. The summed E-state index contributed by atoms with van der Waals surface area (Å²) in [6.45, 7) is 9.41. The van der Waals surface area contributed by atoms with E-state index < -0.39 is 5.41 Å². The fourth-order valence-corrected chi connectivity index (χ4v) is 0.552. The SMILES string of the molecule is C=CC(C)(C#N)/C=C\C(C)=C/C. The molecule has 0 aliphatic carbocycles. The van der Waals surface area contributed by atoms with Gasteiger partial charge < -0.3 is 0 Å². The standard InChI is InChI=1S/C11H15N/c1-5-10(3)7-8-11(4,6-2)9-12/h5-8H,2H2,1,3-4H3/b8-7-,10-5-. The Bertz CT molecular complexity index is 253. The van der Waals surface area contributed by atoms with Gasteiger partial charge in [-0.2, -0.15) is 5.26 Å². The zero-order valence-electron chi connectivity index (χ0n) is 7.96. The maximum atomic E-state index is 8.78. The van der Waals surface area contributed by atoms with E-state index in [4.69, 9.17) is 5.26 Å². The van der Waals surface area contributed by atoms with Crippen LogP contribution in [0.25, 0.3) is 0 Å². The van der Waals surface area contributed by atoms with Gasteiger partial charge in [0.25, 0.3) is 0 Å². The number of hydrogen-bond acceptors (Lipinski definition) is 1. The number of nitriles is 1. The highest BCUT2D eigenvalue weighted by Crippen LogP contribution is 2.18. The molecule has 0 fully saturated rings. The predicted molar refractivity (Wildman–Crippen MR) is 52.5 cm³/mol. The number of allylic oxidation sites excluding steroid dienone is 5. The quantitative estimate of drug-likeness (QED) is 0.460. The first kappa shape index (κ1) is 10.7. The van der Waals surface area contributed by atoms with Crippen molar-refractivity contribution >= 4 is 0 Å². The molecule has 0 aromatic heterocycles. The van der Waals surface area contributed by atoms with E-state index in [0.29, 0.717) is 0 Å². The number of hydrogen-bond donors (Lipinski definition) is 0. The molecule has 0 saturated heterocycles. The molecule has 0 aliphatic rings. The van der Waals surface area contributed by atoms with E-state index in [-0.39, 0.29) is 0 Å². The highest BCUT2D eigenvalue weighted by Gasteiger charge is 2.13. The second-order valence-electron chi connectivity index (χ2n) is 2.96. The van der Waals surface area contributed by atoms with Gasteiger partial charge in [-0.05, 0) is 20.8 Å². The highest BCUT2D eigenvalue weighted by molar-refractivity contribution is 5.25. The van der Waals surface area contributed by atoms with E-state index in [1.165, 1.54) is 0 Å². The summed E-state index contributed by atoms with van der Waals surface area (Å²) in [5.41, 5.74) is 0.614. The molecule has 12 heavy (non-hydrogen) atoms. The third-order valence-electron chi connectivity index (χ3n) is 1.81. The van der Waals surface area contributed by atoms with Crippen LogP contribution in [0.4, 0.5) is 0 Å². The highest BCUT2D eigenvalue weighted by atomic mass is 14.3. The van der Waals surface area contributed by atoms with Gasteiger partial charge in [0.2, 0.25) is 0 Å². The molecule has 0 aliphatic heterocycles. The molecule has 1 nitrogen and oxygen atoms in total. The molecule has 64 valence electrons. The van der Waals surface area contributed by atoms with E-state index in [0.717, 1.165) is 5.57 Å². The van der Waals surface area contributed by atoms with Crippen LogP contribution in [0.5, 0.6) is 0 Å². The van der Waals surface area contributed by atoms with Gasteiger partial charge in [-0.3, -0.25) is 0 Å². The Kier molecular flexibility index (Phi) is 4.07. The van der Waals surface area contributed by atoms with Crippen molar-refractivity contribution in [3.05, 3.63) is 36.5 Å². The minimum absolute atomic E-state index is 0.537. The van der Waals surface area contributed by atoms with Gasteiger partial charge >= 0.3 is 0 Å². The Labute approximate surface area is 74.7 Å². The summed E-state index contributed by atoms with van der Waals surface area (Å²) in [4.78, 5) is 0. The third-order valence-corrected chi connectivity index (χ3v) is 1.81. The summed E-state index contributed by atoms with van der Waals surface area (Å²) in [6.07, 6.45) is 7.43. The molecule has 0 radical (unpaired) electrons. The van der Waals surface area contributed by atoms with Gasteiger partial charge in [0, 0.05) is 0 Å². The Hall–Kier alpha value is -1.29. The monoisotopic (exact) mass is 161 g/mol. The minimum Gasteiger partial charge on any atom is -0.197 e. The third kappa shape index (κ3) is 3.21. The molecule has 0 saturated carbocycles. The summed E-state index contributed by atoms with van der Waals surface area (Å²) in [7, 11) is 0. The fraction of sp³-hybridized carbons (Fsp3) is 0.364. The summed E-state index contributed by atoms with van der Waals surface area (Å²) in [5.74, 6) is 0. The first-order chi connectivity index (χ1) is 5.58. The first-order valence-electron chi connectivity index (χ1n) is 3.95. The lowest BCUT2D eigenvalue weighted by Crippen LogP contribution is -2.04. The zero-order chi connectivity index (χ0) is 9.61. The second-order valence-corrected chi connectivity index (χ2v) is 2.96. The summed E-state index contributed by atoms with van der Waals surface area (Å²) < 4.78 is 0. The topological polar surface area (TPSA) is 23.8 Å². The summed E-state index contributed by atoms with van der Waals surface area (Å²) in [6, 6.07) is 2.18. The van der Waals surface area contributed by atoms with Crippen molar-refractivity contribution < 1.29 is 0 Å². The van der Waals surface area contributed by atoms with Crippen molar-refractivity contribution in [2.45, 2.75) is 20.8 Å². The predicted octanol–water partition coefficient (Wildman–Crippen LogP) is 3.22. The molecule has 0 bridgehead atoms. The van der Waals surface area contributed by atoms with Crippen LogP contribution in [-0.4, -0.2) is 0 Å². The fourth-order valence-electron chi connectivity index (χ4n) is 0.552. The van der Waals surface area contributed by atoms with E-state index in [1.54, 1.807) is 6.08 Å². The normalized spacial score (nSPS) is 17.0. The zero-order valence-corrected chi connectivity index (χ0v) is 7.96. The minimum atomic E-state index is -0.537. The Morgan fingerprint density at radius 2 is 2.17 bits per heavy atom. The van der Waals surface area contributed by atoms with Crippen molar-refractivity contribution in [1.29, 1.82) is 5.26 Å². The maximum Gasteiger partial charge on any atom is 0.0906 e. The Balaban J connectivity index is 4.54. The van der Waals surface area contributed by atoms with Crippen LogP contribution in [0.1, 0.15) is 20.8 Å². The molecule has 0 amide bonds. The lowest BCUT2D eigenvalue weighted by molar-refractivity contribution is 0.737. The first-order valence-corrected chi connectivity index (χ1v) is 3.95. The van der Waals surface area contributed by atoms with E-state index >= 15 is 0 Å².